The third-order valence-electron chi connectivity index (χ3n) is 5.18. The molecule has 0 radical (unpaired) electrons. The molecule has 2 aliphatic rings. The fourth-order valence-electron chi connectivity index (χ4n) is 4.13. The molecular formula is C19H30N4O. The van der Waals surface area contributed by atoms with E-state index in [2.05, 4.69) is 30.4 Å². The van der Waals surface area contributed by atoms with Crippen LogP contribution in [-0.4, -0.2) is 44.7 Å². The maximum Gasteiger partial charge on any atom is 0.189 e. The number of nitrogens with two attached hydrogens (primary N) is 1. The lowest BCUT2D eigenvalue weighted by atomic mass is 9.86. The van der Waals surface area contributed by atoms with Gasteiger partial charge in [-0.25, -0.2) is 0 Å². The smallest absolute Gasteiger partial charge is 0.189 e. The summed E-state index contributed by atoms with van der Waals surface area (Å²) in [4.78, 5) is 6.99. The van der Waals surface area contributed by atoms with Crippen molar-refractivity contribution in [1.29, 1.82) is 0 Å². The number of ether oxygens (including phenoxy) is 1. The zero-order chi connectivity index (χ0) is 17.0. The molecule has 132 valence electrons. The van der Waals surface area contributed by atoms with Crippen LogP contribution >= 0.6 is 0 Å². The van der Waals surface area contributed by atoms with Crippen LogP contribution in [0.4, 0.5) is 0 Å². The zero-order valence-corrected chi connectivity index (χ0v) is 14.9. The Balaban J connectivity index is 1.64. The molecule has 0 bridgehead atoms. The summed E-state index contributed by atoms with van der Waals surface area (Å²) in [6.07, 6.45) is 6.04. The Morgan fingerprint density at radius 1 is 1.33 bits per heavy atom. The number of para-hydroxylation sites is 1. The van der Waals surface area contributed by atoms with Crippen molar-refractivity contribution >= 4 is 5.96 Å². The van der Waals surface area contributed by atoms with Gasteiger partial charge >= 0.3 is 0 Å². The number of nitrogens with one attached hydrogen (secondary N) is 1. The average molecular weight is 330 g/mol. The highest BCUT2D eigenvalue weighted by atomic mass is 16.5. The quantitative estimate of drug-likeness (QED) is 0.643. The molecule has 1 fully saturated rings. The van der Waals surface area contributed by atoms with Crippen LogP contribution < -0.4 is 15.8 Å². The molecule has 3 N–H and O–H groups in total. The number of hydrogen-bond donors (Lipinski definition) is 2. The minimum Gasteiger partial charge on any atom is -0.493 e. The first kappa shape index (κ1) is 17.1. The van der Waals surface area contributed by atoms with Gasteiger partial charge in [-0.2, -0.15) is 0 Å². The van der Waals surface area contributed by atoms with E-state index in [1.54, 1.807) is 0 Å². The highest BCUT2D eigenvalue weighted by Crippen LogP contribution is 2.39. The number of rotatable bonds is 5. The van der Waals surface area contributed by atoms with Crippen LogP contribution in [0.15, 0.2) is 29.3 Å². The summed E-state index contributed by atoms with van der Waals surface area (Å²) >= 11 is 0. The normalized spacial score (nSPS) is 23.0. The molecule has 1 aromatic carbocycles. The van der Waals surface area contributed by atoms with Gasteiger partial charge in [-0.3, -0.25) is 4.99 Å². The summed E-state index contributed by atoms with van der Waals surface area (Å²) in [5, 5.41) is 3.40. The Hall–Kier alpha value is -1.75. The summed E-state index contributed by atoms with van der Waals surface area (Å²) in [6.45, 7) is 2.62. The van der Waals surface area contributed by atoms with Gasteiger partial charge in [0.2, 0.25) is 0 Å². The Bertz CT molecular complexity index is 578. The highest BCUT2D eigenvalue weighted by molar-refractivity contribution is 5.78. The van der Waals surface area contributed by atoms with E-state index in [0.717, 1.165) is 25.3 Å². The topological polar surface area (TPSA) is 62.9 Å². The molecule has 0 saturated heterocycles. The highest BCUT2D eigenvalue weighted by Gasteiger charge is 2.34. The average Bonchev–Trinajstić information content (AvgIpc) is 3.01. The van der Waals surface area contributed by atoms with Gasteiger partial charge in [-0.15, -0.1) is 0 Å². The van der Waals surface area contributed by atoms with Crippen LogP contribution in [0.2, 0.25) is 0 Å². The molecule has 1 aromatic rings. The summed E-state index contributed by atoms with van der Waals surface area (Å²) in [7, 11) is 4.29. The predicted molar refractivity (Wildman–Crippen MR) is 98.4 cm³/mol. The molecular weight excluding hydrogens is 300 g/mol. The predicted octanol–water partition coefficient (Wildman–Crippen LogP) is 2.54. The summed E-state index contributed by atoms with van der Waals surface area (Å²) in [5.41, 5.74) is 7.68. The molecule has 1 unspecified atom stereocenters. The first-order valence-corrected chi connectivity index (χ1v) is 9.01. The van der Waals surface area contributed by atoms with E-state index in [9.17, 15) is 0 Å². The number of fused-ring (bicyclic) bond motifs is 1. The summed E-state index contributed by atoms with van der Waals surface area (Å²) in [6, 6.07) is 8.35. The van der Waals surface area contributed by atoms with Crippen LogP contribution in [0.5, 0.6) is 5.75 Å². The van der Waals surface area contributed by atoms with Crippen molar-refractivity contribution in [3.8, 4) is 5.75 Å². The number of aliphatic imine (C=N–C) groups is 1. The van der Waals surface area contributed by atoms with E-state index in [-0.39, 0.29) is 6.04 Å². The second kappa shape index (κ2) is 7.43. The largest absolute Gasteiger partial charge is 0.493 e. The van der Waals surface area contributed by atoms with Crippen molar-refractivity contribution in [3.63, 3.8) is 0 Å². The zero-order valence-electron chi connectivity index (χ0n) is 14.9. The van der Waals surface area contributed by atoms with Crippen molar-refractivity contribution in [3.05, 3.63) is 29.8 Å². The molecule has 0 aromatic heterocycles. The van der Waals surface area contributed by atoms with Gasteiger partial charge in [0, 0.05) is 30.5 Å². The van der Waals surface area contributed by atoms with Crippen molar-refractivity contribution in [2.75, 3.05) is 33.8 Å². The third-order valence-corrected chi connectivity index (χ3v) is 5.18. The van der Waals surface area contributed by atoms with E-state index < -0.39 is 0 Å². The van der Waals surface area contributed by atoms with E-state index in [4.69, 9.17) is 15.5 Å². The molecule has 1 atom stereocenters. The molecule has 1 aliphatic heterocycles. The van der Waals surface area contributed by atoms with Crippen LogP contribution in [0.3, 0.4) is 0 Å². The Labute approximate surface area is 145 Å². The number of benzene rings is 1. The molecule has 0 amide bonds. The molecule has 1 heterocycles. The first-order valence-electron chi connectivity index (χ1n) is 9.01. The minimum atomic E-state index is 0.187. The monoisotopic (exact) mass is 330 g/mol. The van der Waals surface area contributed by atoms with Gasteiger partial charge in [0.1, 0.15) is 5.75 Å². The van der Waals surface area contributed by atoms with E-state index >= 15 is 0 Å². The standard InChI is InChI=1S/C19H30N4O/c1-23(2)14-19(10-5-6-11-19)13-21-18(20)22-16-9-12-24-17-8-4-3-7-15(16)17/h3-4,7-8,16H,5-6,9-14H2,1-2H3,(H3,20,21,22). The van der Waals surface area contributed by atoms with Gasteiger partial charge < -0.3 is 20.7 Å². The van der Waals surface area contributed by atoms with Crippen LogP contribution in [-0.2, 0) is 0 Å². The maximum absolute atomic E-state index is 6.21. The molecule has 24 heavy (non-hydrogen) atoms. The SMILES string of the molecule is CN(C)CC1(CN=C(N)NC2CCOc3ccccc32)CCCC1. The Morgan fingerprint density at radius 3 is 2.83 bits per heavy atom. The van der Waals surface area contributed by atoms with Crippen LogP contribution in [0.1, 0.15) is 43.7 Å². The number of hydrogen-bond acceptors (Lipinski definition) is 3. The second-order valence-electron chi connectivity index (χ2n) is 7.52. The molecule has 1 saturated carbocycles. The lowest BCUT2D eigenvalue weighted by Gasteiger charge is -2.31. The number of guanidine groups is 1. The summed E-state index contributed by atoms with van der Waals surface area (Å²) < 4.78 is 5.71. The van der Waals surface area contributed by atoms with Gasteiger partial charge in [-0.05, 0) is 33.0 Å². The lowest BCUT2D eigenvalue weighted by molar-refractivity contribution is 0.210. The van der Waals surface area contributed by atoms with Gasteiger partial charge in [0.15, 0.2) is 5.96 Å². The van der Waals surface area contributed by atoms with E-state index in [0.29, 0.717) is 18.0 Å². The first-order chi connectivity index (χ1) is 11.6. The molecule has 0 spiro atoms. The third kappa shape index (κ3) is 4.01. The van der Waals surface area contributed by atoms with Crippen LogP contribution in [0, 0.1) is 5.41 Å². The van der Waals surface area contributed by atoms with Crippen LogP contribution in [0.25, 0.3) is 0 Å². The lowest BCUT2D eigenvalue weighted by Crippen LogP contribution is -2.39. The maximum atomic E-state index is 6.21. The van der Waals surface area contributed by atoms with Crippen molar-refractivity contribution < 1.29 is 4.74 Å². The Kier molecular flexibility index (Phi) is 5.29. The van der Waals surface area contributed by atoms with Crippen molar-refractivity contribution in [1.82, 2.24) is 10.2 Å². The fourth-order valence-corrected chi connectivity index (χ4v) is 4.13. The van der Waals surface area contributed by atoms with Crippen molar-refractivity contribution in [2.45, 2.75) is 38.1 Å². The fraction of sp³-hybridized carbons (Fsp3) is 0.632. The van der Waals surface area contributed by atoms with Crippen molar-refractivity contribution in [2.24, 2.45) is 16.1 Å². The molecule has 3 rings (SSSR count). The molecule has 5 nitrogen and oxygen atoms in total. The minimum absolute atomic E-state index is 0.187. The van der Waals surface area contributed by atoms with Gasteiger partial charge in [0.05, 0.1) is 12.6 Å². The second-order valence-corrected chi connectivity index (χ2v) is 7.52. The van der Waals surface area contributed by atoms with Gasteiger partial charge in [-0.1, -0.05) is 31.0 Å². The van der Waals surface area contributed by atoms with Gasteiger partial charge in [0.25, 0.3) is 0 Å². The summed E-state index contributed by atoms with van der Waals surface area (Å²) in [5.74, 6) is 1.51. The number of nitrogens with zero attached hydrogens (tertiary/aromatic N) is 2. The van der Waals surface area contributed by atoms with E-state index in [1.165, 1.54) is 31.2 Å². The Morgan fingerprint density at radius 2 is 2.08 bits per heavy atom. The molecule has 1 aliphatic carbocycles. The molecule has 5 heteroatoms. The van der Waals surface area contributed by atoms with E-state index in [1.807, 2.05) is 18.2 Å².